The van der Waals surface area contributed by atoms with E-state index in [1.165, 1.54) is 18.4 Å². The Bertz CT molecular complexity index is 1190. The SMILES string of the molecule is Cc1[nH]c2c(-c3cc(C(C)C)ccc3OCC3CC3)ncnc2c1C(=O)NC1CCC(N)CC1. The summed E-state index contributed by atoms with van der Waals surface area (Å²) in [6.07, 6.45) is 7.74. The van der Waals surface area contributed by atoms with Gasteiger partial charge in [0.2, 0.25) is 0 Å². The number of rotatable bonds is 7. The number of carbonyl (C=O) groups is 1. The summed E-state index contributed by atoms with van der Waals surface area (Å²) < 4.78 is 6.23. The predicted molar refractivity (Wildman–Crippen MR) is 134 cm³/mol. The molecule has 1 amide bonds. The van der Waals surface area contributed by atoms with Crippen molar-refractivity contribution in [3.8, 4) is 17.0 Å². The Balaban J connectivity index is 1.51. The second kappa shape index (κ2) is 9.37. The number of carbonyl (C=O) groups excluding carboxylic acids is 1. The van der Waals surface area contributed by atoms with Gasteiger partial charge >= 0.3 is 0 Å². The fraction of sp³-hybridized carbons (Fsp3) is 0.519. The molecule has 0 saturated heterocycles. The van der Waals surface area contributed by atoms with Gasteiger partial charge in [-0.2, -0.15) is 0 Å². The molecule has 2 aliphatic rings. The molecule has 5 rings (SSSR count). The van der Waals surface area contributed by atoms with Crippen molar-refractivity contribution >= 4 is 16.9 Å². The number of hydrogen-bond acceptors (Lipinski definition) is 5. The zero-order valence-electron chi connectivity index (χ0n) is 20.4. The molecule has 2 fully saturated rings. The van der Waals surface area contributed by atoms with Crippen LogP contribution in [0.1, 0.15) is 79.9 Å². The van der Waals surface area contributed by atoms with E-state index >= 15 is 0 Å². The van der Waals surface area contributed by atoms with E-state index in [-0.39, 0.29) is 18.0 Å². The summed E-state index contributed by atoms with van der Waals surface area (Å²) in [6, 6.07) is 6.75. The first-order valence-corrected chi connectivity index (χ1v) is 12.6. The van der Waals surface area contributed by atoms with Gasteiger partial charge in [-0.1, -0.05) is 19.9 Å². The summed E-state index contributed by atoms with van der Waals surface area (Å²) in [5, 5.41) is 3.21. The lowest BCUT2D eigenvalue weighted by molar-refractivity contribution is 0.0927. The Morgan fingerprint density at radius 2 is 1.94 bits per heavy atom. The lowest BCUT2D eigenvalue weighted by Gasteiger charge is -2.26. The molecule has 2 aromatic heterocycles. The number of amides is 1. The van der Waals surface area contributed by atoms with Crippen LogP contribution in [0.4, 0.5) is 0 Å². The number of nitrogens with two attached hydrogens (primary N) is 1. The van der Waals surface area contributed by atoms with Gasteiger partial charge < -0.3 is 20.8 Å². The molecule has 1 aromatic carbocycles. The third-order valence-corrected chi connectivity index (χ3v) is 7.20. The van der Waals surface area contributed by atoms with Crippen LogP contribution in [0.25, 0.3) is 22.3 Å². The van der Waals surface area contributed by atoms with Gasteiger partial charge in [0.25, 0.3) is 5.91 Å². The Labute approximate surface area is 200 Å². The zero-order valence-corrected chi connectivity index (χ0v) is 20.4. The second-order valence-corrected chi connectivity index (χ2v) is 10.3. The van der Waals surface area contributed by atoms with E-state index in [4.69, 9.17) is 10.5 Å². The van der Waals surface area contributed by atoms with Crippen LogP contribution in [-0.2, 0) is 0 Å². The van der Waals surface area contributed by atoms with Crippen LogP contribution in [0.15, 0.2) is 24.5 Å². The Kier molecular flexibility index (Phi) is 6.30. The molecule has 180 valence electrons. The zero-order chi connectivity index (χ0) is 23.8. The number of aromatic nitrogens is 3. The van der Waals surface area contributed by atoms with E-state index in [1.54, 1.807) is 6.33 Å². The molecule has 0 aliphatic heterocycles. The lowest BCUT2D eigenvalue weighted by Crippen LogP contribution is -2.40. The molecule has 0 unspecified atom stereocenters. The van der Waals surface area contributed by atoms with Crippen molar-refractivity contribution in [2.45, 2.75) is 77.3 Å². The molecule has 0 atom stereocenters. The molecule has 7 heteroatoms. The van der Waals surface area contributed by atoms with Crippen LogP contribution in [0.2, 0.25) is 0 Å². The summed E-state index contributed by atoms with van der Waals surface area (Å²) in [7, 11) is 0. The molecule has 0 bridgehead atoms. The number of nitrogens with one attached hydrogen (secondary N) is 2. The topological polar surface area (TPSA) is 106 Å². The van der Waals surface area contributed by atoms with Crippen molar-refractivity contribution in [2.75, 3.05) is 6.61 Å². The van der Waals surface area contributed by atoms with Crippen LogP contribution in [0.5, 0.6) is 5.75 Å². The number of H-pyrrole nitrogens is 1. The molecule has 4 N–H and O–H groups in total. The van der Waals surface area contributed by atoms with Crippen molar-refractivity contribution in [3.63, 3.8) is 0 Å². The van der Waals surface area contributed by atoms with Crippen molar-refractivity contribution in [1.29, 1.82) is 0 Å². The molecule has 2 saturated carbocycles. The largest absolute Gasteiger partial charge is 0.493 e. The van der Waals surface area contributed by atoms with Crippen molar-refractivity contribution in [1.82, 2.24) is 20.3 Å². The molecule has 3 aromatic rings. The average Bonchev–Trinajstić information content (AvgIpc) is 3.58. The summed E-state index contributed by atoms with van der Waals surface area (Å²) in [4.78, 5) is 25.9. The van der Waals surface area contributed by atoms with Gasteiger partial charge in [-0.3, -0.25) is 4.79 Å². The molecule has 7 nitrogen and oxygen atoms in total. The number of benzene rings is 1. The lowest BCUT2D eigenvalue weighted by atomic mass is 9.91. The van der Waals surface area contributed by atoms with Crippen molar-refractivity contribution < 1.29 is 9.53 Å². The average molecular weight is 462 g/mol. The Morgan fingerprint density at radius 1 is 1.18 bits per heavy atom. The van der Waals surface area contributed by atoms with E-state index in [1.807, 2.05) is 6.92 Å². The highest BCUT2D eigenvalue weighted by Crippen LogP contribution is 2.38. The summed E-state index contributed by atoms with van der Waals surface area (Å²) in [5.74, 6) is 1.77. The van der Waals surface area contributed by atoms with Gasteiger partial charge in [0.15, 0.2) is 0 Å². The number of fused-ring (bicyclic) bond motifs is 1. The Morgan fingerprint density at radius 3 is 2.65 bits per heavy atom. The number of hydrogen-bond donors (Lipinski definition) is 3. The molecular formula is C27H35N5O2. The molecule has 0 radical (unpaired) electrons. The summed E-state index contributed by atoms with van der Waals surface area (Å²) in [6.45, 7) is 7.01. The molecular weight excluding hydrogens is 426 g/mol. The van der Waals surface area contributed by atoms with E-state index in [9.17, 15) is 4.79 Å². The third-order valence-electron chi connectivity index (χ3n) is 7.20. The first-order chi connectivity index (χ1) is 16.4. The predicted octanol–water partition coefficient (Wildman–Crippen LogP) is 4.85. The fourth-order valence-corrected chi connectivity index (χ4v) is 4.83. The van der Waals surface area contributed by atoms with Gasteiger partial charge in [-0.25, -0.2) is 9.97 Å². The van der Waals surface area contributed by atoms with E-state index in [0.29, 0.717) is 22.9 Å². The summed E-state index contributed by atoms with van der Waals surface area (Å²) >= 11 is 0. The first kappa shape index (κ1) is 22.8. The quantitative estimate of drug-likeness (QED) is 0.467. The van der Waals surface area contributed by atoms with Crippen LogP contribution < -0.4 is 15.8 Å². The number of ether oxygens (including phenoxy) is 1. The fourth-order valence-electron chi connectivity index (χ4n) is 4.83. The minimum absolute atomic E-state index is 0.0880. The van der Waals surface area contributed by atoms with Crippen LogP contribution >= 0.6 is 0 Å². The maximum atomic E-state index is 13.3. The van der Waals surface area contributed by atoms with Crippen LogP contribution in [0, 0.1) is 12.8 Å². The highest BCUT2D eigenvalue weighted by molar-refractivity contribution is 6.09. The highest BCUT2D eigenvalue weighted by Gasteiger charge is 2.26. The normalized spacial score (nSPS) is 20.6. The van der Waals surface area contributed by atoms with Gasteiger partial charge in [0.05, 0.1) is 17.7 Å². The Hall–Kier alpha value is -2.93. The first-order valence-electron chi connectivity index (χ1n) is 12.6. The second-order valence-electron chi connectivity index (χ2n) is 10.3. The number of nitrogens with zero attached hydrogens (tertiary/aromatic N) is 2. The number of aromatic amines is 1. The van der Waals surface area contributed by atoms with E-state index < -0.39 is 0 Å². The van der Waals surface area contributed by atoms with Crippen LogP contribution in [0.3, 0.4) is 0 Å². The third kappa shape index (κ3) is 4.67. The summed E-state index contributed by atoms with van der Waals surface area (Å²) in [5.41, 5.74) is 11.8. The minimum Gasteiger partial charge on any atom is -0.493 e. The van der Waals surface area contributed by atoms with E-state index in [2.05, 4.69) is 52.3 Å². The standard InChI is InChI=1S/C27H35N5O2/c1-15(2)18-6-11-22(34-13-17-4-5-17)21(12-18)24-26-25(30-14-29-24)23(16(3)31-26)27(33)32-20-9-7-19(28)8-10-20/h6,11-12,14-15,17,19-20,31H,4-5,7-10,13,28H2,1-3H3,(H,32,33). The minimum atomic E-state index is -0.0880. The van der Waals surface area contributed by atoms with Crippen LogP contribution in [-0.4, -0.2) is 39.5 Å². The van der Waals surface area contributed by atoms with E-state index in [0.717, 1.165) is 60.5 Å². The molecule has 34 heavy (non-hydrogen) atoms. The van der Waals surface area contributed by atoms with Gasteiger partial charge in [-0.15, -0.1) is 0 Å². The number of aryl methyl sites for hydroxylation is 1. The highest BCUT2D eigenvalue weighted by atomic mass is 16.5. The monoisotopic (exact) mass is 461 g/mol. The van der Waals surface area contributed by atoms with Gasteiger partial charge in [0.1, 0.15) is 23.3 Å². The molecule has 2 aliphatic carbocycles. The molecule has 2 heterocycles. The van der Waals surface area contributed by atoms with Gasteiger partial charge in [-0.05, 0) is 75.0 Å². The smallest absolute Gasteiger partial charge is 0.255 e. The maximum Gasteiger partial charge on any atom is 0.255 e. The molecule has 0 spiro atoms. The van der Waals surface area contributed by atoms with Crippen molar-refractivity contribution in [3.05, 3.63) is 41.3 Å². The van der Waals surface area contributed by atoms with Gasteiger partial charge in [0, 0.05) is 23.3 Å². The van der Waals surface area contributed by atoms with Crippen molar-refractivity contribution in [2.24, 2.45) is 11.7 Å². The maximum absolute atomic E-state index is 13.3.